The van der Waals surface area contributed by atoms with Crippen LogP contribution in [0.15, 0.2) is 189 Å². The monoisotopic (exact) mass is 665 g/mol. The summed E-state index contributed by atoms with van der Waals surface area (Å²) in [6, 6.07) is 58.9. The van der Waals surface area contributed by atoms with Crippen molar-refractivity contribution < 1.29 is 0 Å². The molecule has 10 rings (SSSR count). The lowest BCUT2D eigenvalue weighted by atomic mass is 10.0. The van der Waals surface area contributed by atoms with Gasteiger partial charge in [0.15, 0.2) is 0 Å². The third-order valence-corrected chi connectivity index (χ3v) is 10.6. The maximum Gasteiger partial charge on any atom is 0.0558 e. The van der Waals surface area contributed by atoms with Crippen LogP contribution in [-0.4, -0.2) is 13.7 Å². The van der Waals surface area contributed by atoms with Crippen LogP contribution < -0.4 is 0 Å². The van der Waals surface area contributed by atoms with Crippen molar-refractivity contribution in [3.8, 4) is 11.4 Å². The predicted octanol–water partition coefficient (Wildman–Crippen LogP) is 13.1. The van der Waals surface area contributed by atoms with E-state index >= 15 is 0 Å². The van der Waals surface area contributed by atoms with Crippen molar-refractivity contribution in [2.75, 3.05) is 0 Å². The molecule has 246 valence electrons. The van der Waals surface area contributed by atoms with Crippen molar-refractivity contribution in [2.24, 2.45) is 0 Å². The second kappa shape index (κ2) is 11.9. The van der Waals surface area contributed by atoms with Crippen molar-refractivity contribution in [1.82, 2.24) is 13.7 Å². The van der Waals surface area contributed by atoms with Crippen LogP contribution in [0.5, 0.6) is 0 Å². The average molecular weight is 666 g/mol. The van der Waals surface area contributed by atoms with Crippen LogP contribution in [0.3, 0.4) is 0 Å². The minimum absolute atomic E-state index is 0.922. The molecule has 0 aliphatic rings. The SMILES string of the molecule is C=C(/C=C\C=C(/C)c1ccc(-n2c3ccccc3c3ccccc32)cc1-n1c2ccccc2c2ccccc21)n1c2ccccc2c2ccccc21. The van der Waals surface area contributed by atoms with Crippen molar-refractivity contribution >= 4 is 76.7 Å². The van der Waals surface area contributed by atoms with Gasteiger partial charge in [0.1, 0.15) is 0 Å². The van der Waals surface area contributed by atoms with E-state index in [1.807, 2.05) is 0 Å². The molecule has 0 spiro atoms. The molecule has 0 bridgehead atoms. The quantitative estimate of drug-likeness (QED) is 0.157. The van der Waals surface area contributed by atoms with Crippen LogP contribution in [0.1, 0.15) is 12.5 Å². The van der Waals surface area contributed by atoms with Gasteiger partial charge in [-0.05, 0) is 67.1 Å². The van der Waals surface area contributed by atoms with Crippen LogP contribution in [-0.2, 0) is 0 Å². The lowest BCUT2D eigenvalue weighted by Crippen LogP contribution is -2.02. The number of hydrogen-bond donors (Lipinski definition) is 0. The van der Waals surface area contributed by atoms with Gasteiger partial charge >= 0.3 is 0 Å². The van der Waals surface area contributed by atoms with E-state index in [1.165, 1.54) is 59.9 Å². The van der Waals surface area contributed by atoms with E-state index in [1.54, 1.807) is 0 Å². The van der Waals surface area contributed by atoms with E-state index in [9.17, 15) is 0 Å². The minimum atomic E-state index is 0.922. The van der Waals surface area contributed by atoms with Crippen molar-refractivity contribution in [1.29, 1.82) is 0 Å². The molecule has 52 heavy (non-hydrogen) atoms. The van der Waals surface area contributed by atoms with Gasteiger partial charge in [-0.1, -0.05) is 134 Å². The summed E-state index contributed by atoms with van der Waals surface area (Å²) < 4.78 is 7.10. The summed E-state index contributed by atoms with van der Waals surface area (Å²) in [6.45, 7) is 6.73. The third kappa shape index (κ3) is 4.53. The van der Waals surface area contributed by atoms with Crippen LogP contribution in [0.25, 0.3) is 88.1 Å². The Bertz CT molecular complexity index is 2940. The first-order chi connectivity index (χ1) is 25.7. The van der Waals surface area contributed by atoms with Gasteiger partial charge in [-0.15, -0.1) is 0 Å². The standard InChI is InChI=1S/C49H35N3/c1-33(16-15-17-34(2)50-43-24-9-3-18-37(43)38-19-4-10-25-44(38)50)36-31-30-35(51-45-26-11-5-20-39(45)40-21-6-12-27-46(40)51)32-49(36)52-47-28-13-7-22-41(47)42-23-8-14-29-48(42)52/h3-32H,2H2,1H3/b17-15-,33-16+. The van der Waals surface area contributed by atoms with Crippen LogP contribution in [0, 0.1) is 0 Å². The zero-order valence-electron chi connectivity index (χ0n) is 28.9. The molecule has 0 aliphatic carbocycles. The first-order valence-corrected chi connectivity index (χ1v) is 17.8. The summed E-state index contributed by atoms with van der Waals surface area (Å²) in [5.41, 5.74) is 12.6. The summed E-state index contributed by atoms with van der Waals surface area (Å²) in [5.74, 6) is 0. The number of fused-ring (bicyclic) bond motifs is 9. The Hall–Kier alpha value is -6.84. The van der Waals surface area contributed by atoms with Gasteiger partial charge in [-0.3, -0.25) is 0 Å². The number of rotatable bonds is 6. The number of hydrogen-bond acceptors (Lipinski definition) is 0. The second-order valence-corrected chi connectivity index (χ2v) is 13.5. The van der Waals surface area contributed by atoms with Crippen molar-refractivity contribution in [2.45, 2.75) is 6.92 Å². The fourth-order valence-corrected chi connectivity index (χ4v) is 8.26. The first kappa shape index (κ1) is 30.0. The van der Waals surface area contributed by atoms with Crippen molar-refractivity contribution in [3.63, 3.8) is 0 Å². The fourth-order valence-electron chi connectivity index (χ4n) is 8.26. The summed E-state index contributed by atoms with van der Waals surface area (Å²) in [5, 5.41) is 7.47. The molecule has 0 fully saturated rings. The number of nitrogens with zero attached hydrogens (tertiary/aromatic N) is 3. The Morgan fingerprint density at radius 3 is 1.31 bits per heavy atom. The molecule has 0 amide bonds. The highest BCUT2D eigenvalue weighted by atomic mass is 15.0. The van der Waals surface area contributed by atoms with Gasteiger partial charge in [0.25, 0.3) is 0 Å². The Labute approximate surface area is 301 Å². The second-order valence-electron chi connectivity index (χ2n) is 13.5. The van der Waals surface area contributed by atoms with E-state index < -0.39 is 0 Å². The molecule has 0 radical (unpaired) electrons. The van der Waals surface area contributed by atoms with E-state index in [-0.39, 0.29) is 0 Å². The topological polar surface area (TPSA) is 14.8 Å². The zero-order chi connectivity index (χ0) is 34.8. The van der Waals surface area contributed by atoms with Gasteiger partial charge in [-0.25, -0.2) is 0 Å². The maximum absolute atomic E-state index is 4.52. The Morgan fingerprint density at radius 2 is 0.846 bits per heavy atom. The summed E-state index contributed by atoms with van der Waals surface area (Å²) in [7, 11) is 0. The molecule has 0 saturated heterocycles. The third-order valence-electron chi connectivity index (χ3n) is 10.6. The Kier molecular flexibility index (Phi) is 6.87. The molecule has 0 saturated carbocycles. The van der Waals surface area contributed by atoms with Gasteiger partial charge in [0, 0.05) is 49.3 Å². The summed E-state index contributed by atoms with van der Waals surface area (Å²) in [4.78, 5) is 0. The molecular weight excluding hydrogens is 631 g/mol. The highest BCUT2D eigenvalue weighted by molar-refractivity contribution is 6.12. The van der Waals surface area contributed by atoms with Gasteiger partial charge in [0.05, 0.1) is 38.8 Å². The van der Waals surface area contributed by atoms with E-state index in [0.717, 1.165) is 33.7 Å². The highest BCUT2D eigenvalue weighted by Gasteiger charge is 2.18. The number of benzene rings is 7. The lowest BCUT2D eigenvalue weighted by molar-refractivity contribution is 1.13. The van der Waals surface area contributed by atoms with Crippen LogP contribution in [0.2, 0.25) is 0 Å². The highest BCUT2D eigenvalue weighted by Crippen LogP contribution is 2.38. The van der Waals surface area contributed by atoms with Gasteiger partial charge < -0.3 is 13.7 Å². The van der Waals surface area contributed by atoms with Gasteiger partial charge in [0.2, 0.25) is 0 Å². The molecule has 0 unspecified atom stereocenters. The molecule has 7 aromatic carbocycles. The summed E-state index contributed by atoms with van der Waals surface area (Å²) in [6.07, 6.45) is 6.47. The largest absolute Gasteiger partial charge is 0.310 e. The molecule has 3 aromatic heterocycles. The van der Waals surface area contributed by atoms with Crippen LogP contribution in [0.4, 0.5) is 0 Å². The van der Waals surface area contributed by atoms with E-state index in [4.69, 9.17) is 0 Å². The lowest BCUT2D eigenvalue weighted by Gasteiger charge is -2.17. The Balaban J connectivity index is 1.16. The molecule has 0 aliphatic heterocycles. The van der Waals surface area contributed by atoms with E-state index in [2.05, 4.69) is 209 Å². The normalized spacial score (nSPS) is 12.4. The molecular formula is C49H35N3. The Morgan fingerprint density at radius 1 is 0.462 bits per heavy atom. The predicted molar refractivity (Wildman–Crippen MR) is 223 cm³/mol. The molecule has 3 heterocycles. The fraction of sp³-hybridized carbons (Fsp3) is 0.0204. The molecule has 3 heteroatoms. The average Bonchev–Trinajstić information content (AvgIpc) is 3.84. The van der Waals surface area contributed by atoms with Crippen LogP contribution >= 0.6 is 0 Å². The van der Waals surface area contributed by atoms with E-state index in [0.29, 0.717) is 0 Å². The smallest absolute Gasteiger partial charge is 0.0558 e. The number of aromatic nitrogens is 3. The zero-order valence-corrected chi connectivity index (χ0v) is 28.9. The number of para-hydroxylation sites is 6. The molecule has 0 atom stereocenters. The van der Waals surface area contributed by atoms with Crippen molar-refractivity contribution in [3.05, 3.63) is 194 Å². The maximum atomic E-state index is 4.52. The first-order valence-electron chi connectivity index (χ1n) is 17.8. The molecule has 0 N–H and O–H groups in total. The van der Waals surface area contributed by atoms with Gasteiger partial charge in [-0.2, -0.15) is 0 Å². The molecule has 3 nitrogen and oxygen atoms in total. The minimum Gasteiger partial charge on any atom is -0.310 e. The number of allylic oxidation sites excluding steroid dienone is 5. The molecule has 10 aromatic rings. The summed E-state index contributed by atoms with van der Waals surface area (Å²) >= 11 is 0.